The van der Waals surface area contributed by atoms with Gasteiger partial charge in [-0.1, -0.05) is 72.3 Å². The summed E-state index contributed by atoms with van der Waals surface area (Å²) in [5, 5.41) is 0. The molecule has 0 heteroatoms. The normalized spacial score (nSPS) is 20.6. The molecule has 0 saturated carbocycles. The van der Waals surface area contributed by atoms with Crippen molar-refractivity contribution < 1.29 is 0 Å². The van der Waals surface area contributed by atoms with Gasteiger partial charge in [-0.25, -0.2) is 0 Å². The van der Waals surface area contributed by atoms with Gasteiger partial charge in [-0.2, -0.15) is 0 Å². The predicted octanol–water partition coefficient (Wildman–Crippen LogP) is 8.79. The number of allylic oxidation sites excluding steroid dienone is 9. The molecule has 2 rings (SSSR count). The second-order valence-electron chi connectivity index (χ2n) is 7.17. The average Bonchev–Trinajstić information content (AvgIpc) is 2.87. The first kappa shape index (κ1) is 27.2. The van der Waals surface area contributed by atoms with Crippen molar-refractivity contribution in [3.63, 3.8) is 0 Å². The van der Waals surface area contributed by atoms with E-state index in [4.69, 9.17) is 0 Å². The van der Waals surface area contributed by atoms with Crippen molar-refractivity contribution in [3.8, 4) is 0 Å². The fourth-order valence-electron chi connectivity index (χ4n) is 3.22. The monoisotopic (exact) mass is 366 g/mol. The lowest BCUT2D eigenvalue weighted by Gasteiger charge is -2.37. The summed E-state index contributed by atoms with van der Waals surface area (Å²) >= 11 is 0. The molecule has 27 heavy (non-hydrogen) atoms. The number of hydrogen-bond donors (Lipinski definition) is 0. The molecule has 2 atom stereocenters. The molecule has 0 aliphatic heterocycles. The molecule has 0 heterocycles. The van der Waals surface area contributed by atoms with Crippen molar-refractivity contribution >= 4 is 0 Å². The molecule has 0 spiro atoms. The van der Waals surface area contributed by atoms with Crippen LogP contribution in [0.1, 0.15) is 61.8 Å². The van der Waals surface area contributed by atoms with Gasteiger partial charge in [0.15, 0.2) is 0 Å². The van der Waals surface area contributed by atoms with Crippen LogP contribution in [0.4, 0.5) is 0 Å². The SMILES string of the molecule is C=C.C=C.CC.CCC(C)(C)C1C=CC(C2=CC(C)=C=CC(C)=C2)=CC1C. The van der Waals surface area contributed by atoms with Gasteiger partial charge in [0.2, 0.25) is 0 Å². The first-order valence-electron chi connectivity index (χ1n) is 10.1. The van der Waals surface area contributed by atoms with Crippen LogP contribution in [0.3, 0.4) is 0 Å². The quantitative estimate of drug-likeness (QED) is 0.346. The molecule has 0 N–H and O–H groups in total. The van der Waals surface area contributed by atoms with Crippen LogP contribution in [0.15, 0.2) is 90.8 Å². The minimum atomic E-state index is 0.360. The van der Waals surface area contributed by atoms with Crippen LogP contribution in [0.2, 0.25) is 0 Å². The zero-order chi connectivity index (χ0) is 21.6. The summed E-state index contributed by atoms with van der Waals surface area (Å²) in [5.41, 5.74) is 8.78. The molecule has 0 fully saturated rings. The summed E-state index contributed by atoms with van der Waals surface area (Å²) in [6, 6.07) is 0. The Balaban J connectivity index is 0. The summed E-state index contributed by atoms with van der Waals surface area (Å²) in [7, 11) is 0. The minimum Gasteiger partial charge on any atom is -0.117 e. The highest BCUT2D eigenvalue weighted by Gasteiger charge is 2.31. The Morgan fingerprint density at radius 2 is 1.56 bits per heavy atom. The molecular formula is C27H42. The molecule has 0 aromatic carbocycles. The van der Waals surface area contributed by atoms with Gasteiger partial charge < -0.3 is 0 Å². The van der Waals surface area contributed by atoms with Crippen LogP contribution in [0.25, 0.3) is 0 Å². The molecule has 150 valence electrons. The first-order chi connectivity index (χ1) is 12.8. The molecule has 0 aromatic rings. The zero-order valence-electron chi connectivity index (χ0n) is 19.2. The highest BCUT2D eigenvalue weighted by atomic mass is 14.4. The van der Waals surface area contributed by atoms with Gasteiger partial charge in [0, 0.05) is 0 Å². The van der Waals surface area contributed by atoms with Crippen LogP contribution in [-0.2, 0) is 0 Å². The maximum absolute atomic E-state index is 3.31. The molecule has 0 amide bonds. The van der Waals surface area contributed by atoms with E-state index in [-0.39, 0.29) is 0 Å². The van der Waals surface area contributed by atoms with Crippen LogP contribution in [0.5, 0.6) is 0 Å². The number of rotatable bonds is 3. The van der Waals surface area contributed by atoms with Gasteiger partial charge in [-0.15, -0.1) is 32.0 Å². The molecule has 2 aliphatic rings. The van der Waals surface area contributed by atoms with Gasteiger partial charge >= 0.3 is 0 Å². The molecular weight excluding hydrogens is 324 g/mol. The van der Waals surface area contributed by atoms with Gasteiger partial charge in [0.25, 0.3) is 0 Å². The third-order valence-corrected chi connectivity index (χ3v) is 4.92. The van der Waals surface area contributed by atoms with Crippen LogP contribution >= 0.6 is 0 Å². The standard InChI is InChI=1S/C21H28.C2H6.2C2H4/c1-7-21(5,6)20-11-10-18(14-17(20)4)19-12-15(2)8-9-16(3)13-19;3*1-2/h8,10-14,17,20H,7H2,1-6H3;1-2H3;2*1-2H2. The molecule has 0 saturated heterocycles. The molecule has 0 bridgehead atoms. The van der Waals surface area contributed by atoms with Crippen LogP contribution in [-0.4, -0.2) is 0 Å². The third kappa shape index (κ3) is 8.46. The van der Waals surface area contributed by atoms with Crippen molar-refractivity contribution in [2.45, 2.75) is 61.8 Å². The molecule has 0 nitrogen and oxygen atoms in total. The first-order valence-corrected chi connectivity index (χ1v) is 10.1. The van der Waals surface area contributed by atoms with Crippen molar-refractivity contribution in [2.24, 2.45) is 17.3 Å². The van der Waals surface area contributed by atoms with Gasteiger partial charge in [-0.05, 0) is 65.5 Å². The maximum Gasteiger partial charge on any atom is -0.00851 e. The lowest BCUT2D eigenvalue weighted by Crippen LogP contribution is -2.28. The van der Waals surface area contributed by atoms with Crippen molar-refractivity contribution in [1.29, 1.82) is 0 Å². The molecule has 0 radical (unpaired) electrons. The Morgan fingerprint density at radius 3 is 2.04 bits per heavy atom. The highest BCUT2D eigenvalue weighted by Crippen LogP contribution is 2.41. The van der Waals surface area contributed by atoms with Crippen molar-refractivity contribution in [1.82, 2.24) is 0 Å². The summed E-state index contributed by atoms with van der Waals surface area (Å²) in [6.45, 7) is 29.6. The third-order valence-electron chi connectivity index (χ3n) is 4.92. The topological polar surface area (TPSA) is 0 Å². The lowest BCUT2D eigenvalue weighted by atomic mass is 9.68. The van der Waals surface area contributed by atoms with E-state index in [1.54, 1.807) is 0 Å². The fraction of sp³-hybridized carbons (Fsp3) is 0.444. The lowest BCUT2D eigenvalue weighted by molar-refractivity contribution is 0.207. The Kier molecular flexibility index (Phi) is 14.2. The Labute approximate surface area is 170 Å². The summed E-state index contributed by atoms with van der Waals surface area (Å²) in [6.07, 6.45) is 15.0. The van der Waals surface area contributed by atoms with Gasteiger partial charge in [-0.3, -0.25) is 0 Å². The van der Waals surface area contributed by atoms with E-state index in [0.29, 0.717) is 17.3 Å². The predicted molar refractivity (Wildman–Crippen MR) is 127 cm³/mol. The Hall–Kier alpha value is -2.04. The van der Waals surface area contributed by atoms with E-state index < -0.39 is 0 Å². The van der Waals surface area contributed by atoms with E-state index >= 15 is 0 Å². The molecule has 0 aromatic heterocycles. The molecule has 2 aliphatic carbocycles. The van der Waals surface area contributed by atoms with Crippen molar-refractivity contribution in [2.75, 3.05) is 0 Å². The second-order valence-corrected chi connectivity index (χ2v) is 7.17. The van der Waals surface area contributed by atoms with Crippen molar-refractivity contribution in [3.05, 3.63) is 90.8 Å². The summed E-state index contributed by atoms with van der Waals surface area (Å²) in [5.74, 6) is 1.20. The van der Waals surface area contributed by atoms with E-state index in [1.807, 2.05) is 13.8 Å². The minimum absolute atomic E-state index is 0.360. The average molecular weight is 367 g/mol. The van der Waals surface area contributed by atoms with Crippen LogP contribution in [0, 0.1) is 17.3 Å². The fourth-order valence-corrected chi connectivity index (χ4v) is 3.22. The highest BCUT2D eigenvalue weighted by molar-refractivity contribution is 5.54. The zero-order valence-corrected chi connectivity index (χ0v) is 19.2. The van der Waals surface area contributed by atoms with Gasteiger partial charge in [0.1, 0.15) is 0 Å². The number of hydrogen-bond acceptors (Lipinski definition) is 0. The largest absolute Gasteiger partial charge is 0.117 e. The summed E-state index contributed by atoms with van der Waals surface area (Å²) in [4.78, 5) is 0. The van der Waals surface area contributed by atoms with E-state index in [1.165, 1.54) is 28.7 Å². The molecule has 2 unspecified atom stereocenters. The summed E-state index contributed by atoms with van der Waals surface area (Å²) < 4.78 is 0. The van der Waals surface area contributed by atoms with E-state index in [2.05, 4.69) is 110 Å². The second kappa shape index (κ2) is 14.1. The van der Waals surface area contributed by atoms with E-state index in [0.717, 1.165) is 0 Å². The Morgan fingerprint density at radius 1 is 1.00 bits per heavy atom. The van der Waals surface area contributed by atoms with Gasteiger partial charge in [0.05, 0.1) is 0 Å². The van der Waals surface area contributed by atoms with Crippen LogP contribution < -0.4 is 0 Å². The smallest absolute Gasteiger partial charge is 0.00851 e. The Bertz CT molecular complexity index is 623. The maximum atomic E-state index is 3.31. The van der Waals surface area contributed by atoms with E-state index in [9.17, 15) is 0 Å².